The number of β-amino-alcohol motifs (C(OH)–C–C–N with tert-alkyl or cyclic N) is 1. The van der Waals surface area contributed by atoms with Crippen LogP contribution in [0.5, 0.6) is 0 Å². The van der Waals surface area contributed by atoms with Gasteiger partial charge in [-0.15, -0.1) is 0 Å². The number of amides is 1. The van der Waals surface area contributed by atoms with Gasteiger partial charge in [-0.05, 0) is 43.2 Å². The summed E-state index contributed by atoms with van der Waals surface area (Å²) >= 11 is 6.25. The quantitative estimate of drug-likeness (QED) is 0.351. The van der Waals surface area contributed by atoms with Crippen LogP contribution in [0.25, 0.3) is 0 Å². The maximum absolute atomic E-state index is 14.5. The first-order chi connectivity index (χ1) is 19.8. The molecule has 3 N–H and O–H groups in total. The van der Waals surface area contributed by atoms with Crippen LogP contribution in [0.2, 0.25) is 5.02 Å². The Kier molecular flexibility index (Phi) is 8.87. The van der Waals surface area contributed by atoms with Crippen molar-refractivity contribution >= 4 is 40.9 Å². The lowest BCUT2D eigenvalue weighted by atomic mass is 9.95. The van der Waals surface area contributed by atoms with Crippen LogP contribution in [0.3, 0.4) is 0 Å². The van der Waals surface area contributed by atoms with Crippen LogP contribution in [0.1, 0.15) is 41.0 Å². The second-order valence-corrected chi connectivity index (χ2v) is 10.5. The maximum atomic E-state index is 14.5. The molecular formula is C29H32ClFN8O2. The topological polar surface area (TPSA) is 119 Å². The number of nitrogens with zero attached hydrogens (tertiary/aromatic N) is 6. The zero-order chi connectivity index (χ0) is 28.9. The number of hydrogen-bond acceptors (Lipinski definition) is 9. The van der Waals surface area contributed by atoms with Gasteiger partial charge in [-0.25, -0.2) is 9.37 Å². The molecule has 1 saturated heterocycles. The minimum Gasteiger partial charge on any atom is -0.395 e. The number of pyridine rings is 1. The molecule has 2 aromatic heterocycles. The highest BCUT2D eigenvalue weighted by molar-refractivity contribution is 6.34. The highest BCUT2D eigenvalue weighted by Crippen LogP contribution is 2.32. The molecule has 0 spiro atoms. The number of hydrogen-bond donors (Lipinski definition) is 3. The fourth-order valence-corrected chi connectivity index (χ4v) is 4.97. The first-order valence-corrected chi connectivity index (χ1v) is 13.9. The van der Waals surface area contributed by atoms with E-state index in [4.69, 9.17) is 16.6 Å². The average Bonchev–Trinajstić information content (AvgIpc) is 2.97. The van der Waals surface area contributed by atoms with Gasteiger partial charge in [-0.3, -0.25) is 9.69 Å². The summed E-state index contributed by atoms with van der Waals surface area (Å²) in [4.78, 5) is 35.4. The predicted octanol–water partition coefficient (Wildman–Crippen LogP) is 4.63. The zero-order valence-corrected chi connectivity index (χ0v) is 23.7. The summed E-state index contributed by atoms with van der Waals surface area (Å²) in [7, 11) is 0. The van der Waals surface area contributed by atoms with Crippen LogP contribution in [0.4, 0.5) is 27.8 Å². The van der Waals surface area contributed by atoms with Crippen LogP contribution in [0.15, 0.2) is 60.1 Å². The van der Waals surface area contributed by atoms with E-state index in [1.165, 1.54) is 6.20 Å². The second kappa shape index (κ2) is 12.7. The summed E-state index contributed by atoms with van der Waals surface area (Å²) in [6, 6.07) is 8.72. The molecule has 3 heterocycles. The number of aromatic nitrogens is 4. The maximum Gasteiger partial charge on any atom is 0.257 e. The summed E-state index contributed by atoms with van der Waals surface area (Å²) in [5.41, 5.74) is 2.37. The first-order valence-electron chi connectivity index (χ1n) is 13.5. The van der Waals surface area contributed by atoms with Crippen molar-refractivity contribution in [1.29, 1.82) is 0 Å². The van der Waals surface area contributed by atoms with Gasteiger partial charge in [0.2, 0.25) is 11.9 Å². The number of rotatable bonds is 8. The molecule has 3 aromatic rings. The molecule has 0 bridgehead atoms. The van der Waals surface area contributed by atoms with Gasteiger partial charge in [0.25, 0.3) is 5.91 Å². The van der Waals surface area contributed by atoms with E-state index in [0.29, 0.717) is 59.1 Å². The Morgan fingerprint density at radius 1 is 1.12 bits per heavy atom. The minimum absolute atomic E-state index is 0.115. The minimum atomic E-state index is -0.334. The highest BCUT2D eigenvalue weighted by atomic mass is 35.5. The fraction of sp³-hybridized carbons (Fsp3) is 0.345. The monoisotopic (exact) mass is 578 g/mol. The number of aryl methyl sites for hydroxylation is 1. The van der Waals surface area contributed by atoms with Crippen LogP contribution >= 0.6 is 11.6 Å². The van der Waals surface area contributed by atoms with Crippen molar-refractivity contribution in [2.75, 3.05) is 54.9 Å². The van der Waals surface area contributed by atoms with E-state index in [1.807, 2.05) is 25.1 Å². The SMILES string of the molecule is CC1=C(F)CC(c2nc(Nc3ccc(C(=O)Nc4c(C)cccc4Cl)cn3)nc(N3CCN(CCO)CC3)n2)C=C1. The molecule has 1 fully saturated rings. The fourth-order valence-electron chi connectivity index (χ4n) is 4.70. The molecule has 1 atom stereocenters. The number of nitrogens with one attached hydrogen (secondary N) is 2. The summed E-state index contributed by atoms with van der Waals surface area (Å²) < 4.78 is 14.5. The van der Waals surface area contributed by atoms with E-state index in [1.54, 1.807) is 31.2 Å². The number of halogens is 2. The van der Waals surface area contributed by atoms with Gasteiger partial charge < -0.3 is 20.6 Å². The van der Waals surface area contributed by atoms with Crippen LogP contribution in [-0.4, -0.2) is 75.2 Å². The molecule has 2 aliphatic rings. The number of para-hydroxylation sites is 1. The third-order valence-corrected chi connectivity index (χ3v) is 7.49. The molecule has 10 nitrogen and oxygen atoms in total. The molecule has 1 aromatic carbocycles. The third kappa shape index (κ3) is 6.87. The average molecular weight is 579 g/mol. The molecule has 12 heteroatoms. The number of piperazine rings is 1. The van der Waals surface area contributed by atoms with Gasteiger partial charge in [0.05, 0.1) is 22.9 Å². The Hall–Kier alpha value is -3.93. The van der Waals surface area contributed by atoms with Gasteiger partial charge in [0.1, 0.15) is 17.5 Å². The summed E-state index contributed by atoms with van der Waals surface area (Å²) in [6.45, 7) is 7.25. The number of carbonyl (C=O) groups excluding carboxylic acids is 1. The first kappa shape index (κ1) is 28.6. The Morgan fingerprint density at radius 2 is 1.93 bits per heavy atom. The molecule has 5 rings (SSSR count). The van der Waals surface area contributed by atoms with E-state index < -0.39 is 0 Å². The predicted molar refractivity (Wildman–Crippen MR) is 158 cm³/mol. The van der Waals surface area contributed by atoms with E-state index in [9.17, 15) is 14.3 Å². The number of allylic oxidation sites excluding steroid dienone is 4. The largest absolute Gasteiger partial charge is 0.395 e. The Bertz CT molecular complexity index is 1450. The molecule has 0 radical (unpaired) electrons. The molecular weight excluding hydrogens is 547 g/mol. The van der Waals surface area contributed by atoms with Gasteiger partial charge in [0, 0.05) is 51.3 Å². The standard InChI is InChI=1S/C29H32ClFN8O2/c1-18-6-7-20(16-23(18)31)26-35-28(37-29(36-26)39-12-10-38(11-13-39)14-15-40)33-24-9-8-21(17-32-24)27(41)34-25-19(2)4-3-5-22(25)30/h3-9,17,20,40H,10-16H2,1-2H3,(H,34,41)(H,32,33,35,36,37). The number of aliphatic hydroxyl groups is 1. The van der Waals surface area contributed by atoms with Gasteiger partial charge >= 0.3 is 0 Å². The van der Waals surface area contributed by atoms with Crippen LogP contribution in [0, 0.1) is 6.92 Å². The molecule has 1 amide bonds. The second-order valence-electron chi connectivity index (χ2n) is 10.1. The summed E-state index contributed by atoms with van der Waals surface area (Å²) in [6.07, 6.45) is 5.30. The van der Waals surface area contributed by atoms with Crippen LogP contribution < -0.4 is 15.5 Å². The molecule has 1 aliphatic carbocycles. The lowest BCUT2D eigenvalue weighted by Crippen LogP contribution is -2.47. The summed E-state index contributed by atoms with van der Waals surface area (Å²) in [5.74, 6) is 0.817. The Morgan fingerprint density at radius 3 is 2.61 bits per heavy atom. The Labute approximate surface area is 243 Å². The highest BCUT2D eigenvalue weighted by Gasteiger charge is 2.24. The van der Waals surface area contributed by atoms with Crippen molar-refractivity contribution in [3.05, 3.63) is 82.1 Å². The lowest BCUT2D eigenvalue weighted by Gasteiger charge is -2.34. The van der Waals surface area contributed by atoms with Gasteiger partial charge in [-0.1, -0.05) is 35.9 Å². The normalized spacial score (nSPS) is 17.6. The van der Waals surface area contributed by atoms with E-state index in [0.717, 1.165) is 18.7 Å². The molecule has 1 aliphatic heterocycles. The van der Waals surface area contributed by atoms with E-state index in [2.05, 4.69) is 35.4 Å². The molecule has 1 unspecified atom stereocenters. The summed E-state index contributed by atoms with van der Waals surface area (Å²) in [5, 5.41) is 15.7. The van der Waals surface area contributed by atoms with Crippen molar-refractivity contribution in [1.82, 2.24) is 24.8 Å². The van der Waals surface area contributed by atoms with Gasteiger partial charge in [-0.2, -0.15) is 15.0 Å². The van der Waals surface area contributed by atoms with Crippen molar-refractivity contribution in [2.24, 2.45) is 0 Å². The number of benzene rings is 1. The molecule has 41 heavy (non-hydrogen) atoms. The van der Waals surface area contributed by atoms with Gasteiger partial charge in [0.15, 0.2) is 0 Å². The van der Waals surface area contributed by atoms with Crippen molar-refractivity contribution in [3.63, 3.8) is 0 Å². The third-order valence-electron chi connectivity index (χ3n) is 7.18. The molecule has 214 valence electrons. The molecule has 0 saturated carbocycles. The smallest absolute Gasteiger partial charge is 0.257 e. The van der Waals surface area contributed by atoms with Crippen molar-refractivity contribution in [3.8, 4) is 0 Å². The van der Waals surface area contributed by atoms with Crippen molar-refractivity contribution in [2.45, 2.75) is 26.2 Å². The van der Waals surface area contributed by atoms with E-state index in [-0.39, 0.29) is 36.6 Å². The van der Waals surface area contributed by atoms with Crippen LogP contribution in [-0.2, 0) is 0 Å². The number of carbonyl (C=O) groups is 1. The number of anilines is 4. The lowest BCUT2D eigenvalue weighted by molar-refractivity contribution is 0.102. The Balaban J connectivity index is 1.35. The van der Waals surface area contributed by atoms with E-state index >= 15 is 0 Å². The van der Waals surface area contributed by atoms with Crippen molar-refractivity contribution < 1.29 is 14.3 Å². The zero-order valence-electron chi connectivity index (χ0n) is 22.9. The number of aliphatic hydroxyl groups excluding tert-OH is 1.